The minimum atomic E-state index is -0.0712. The molecule has 1 aliphatic heterocycles. The topological polar surface area (TPSA) is 29.5 Å². The van der Waals surface area contributed by atoms with Crippen molar-refractivity contribution in [3.8, 4) is 0 Å². The van der Waals surface area contributed by atoms with Crippen molar-refractivity contribution in [3.63, 3.8) is 0 Å². The molecule has 0 aromatic rings. The zero-order chi connectivity index (χ0) is 9.84. The van der Waals surface area contributed by atoms with E-state index in [-0.39, 0.29) is 12.0 Å². The molecule has 3 heteroatoms. The highest BCUT2D eigenvalue weighted by Gasteiger charge is 2.37. The molecule has 1 heterocycles. The molecule has 76 valence electrons. The predicted octanol–water partition coefficient (Wildman–Crippen LogP) is 1.42. The Labute approximate surface area is 80.1 Å². The first kappa shape index (κ1) is 10.5. The highest BCUT2D eigenvalue weighted by molar-refractivity contribution is 5.76. The van der Waals surface area contributed by atoms with Crippen LogP contribution < -0.4 is 0 Å². The first-order valence-electron chi connectivity index (χ1n) is 5.08. The Hall–Kier alpha value is -0.570. The van der Waals surface area contributed by atoms with Gasteiger partial charge in [0.05, 0.1) is 7.11 Å². The first-order chi connectivity index (χ1) is 6.24. The molecule has 1 rings (SSSR count). The molecule has 0 saturated carbocycles. The maximum Gasteiger partial charge on any atom is 0.323 e. The van der Waals surface area contributed by atoms with Crippen molar-refractivity contribution in [1.29, 1.82) is 0 Å². The van der Waals surface area contributed by atoms with Crippen molar-refractivity contribution < 1.29 is 9.53 Å². The molecule has 0 spiro atoms. The molecule has 0 radical (unpaired) electrons. The lowest BCUT2D eigenvalue weighted by molar-refractivity contribution is -0.154. The lowest BCUT2D eigenvalue weighted by Gasteiger charge is -2.43. The van der Waals surface area contributed by atoms with Gasteiger partial charge in [-0.25, -0.2) is 0 Å². The van der Waals surface area contributed by atoms with Crippen LogP contribution in [0.3, 0.4) is 0 Å². The van der Waals surface area contributed by atoms with Crippen LogP contribution >= 0.6 is 0 Å². The van der Waals surface area contributed by atoms with Crippen molar-refractivity contribution in [2.45, 2.75) is 45.2 Å². The zero-order valence-corrected chi connectivity index (χ0v) is 8.75. The van der Waals surface area contributed by atoms with Crippen LogP contribution in [-0.2, 0) is 9.53 Å². The maximum atomic E-state index is 11.3. The summed E-state index contributed by atoms with van der Waals surface area (Å²) < 4.78 is 4.74. The number of carbonyl (C=O) groups is 1. The van der Waals surface area contributed by atoms with Gasteiger partial charge < -0.3 is 4.74 Å². The summed E-state index contributed by atoms with van der Waals surface area (Å²) in [7, 11) is 1.46. The minimum Gasteiger partial charge on any atom is -0.468 e. The van der Waals surface area contributed by atoms with E-state index in [0.29, 0.717) is 6.04 Å². The lowest BCUT2D eigenvalue weighted by Crippen LogP contribution is -2.56. The molecule has 1 fully saturated rings. The zero-order valence-electron chi connectivity index (χ0n) is 8.75. The molecule has 1 saturated heterocycles. The van der Waals surface area contributed by atoms with Gasteiger partial charge in [0, 0.05) is 12.6 Å². The quantitative estimate of drug-likeness (QED) is 0.620. The number of rotatable bonds is 4. The number of esters is 1. The number of carbonyl (C=O) groups excluding carboxylic acids is 1. The van der Waals surface area contributed by atoms with Crippen molar-refractivity contribution >= 4 is 5.97 Å². The monoisotopic (exact) mass is 185 g/mol. The third-order valence-electron chi connectivity index (χ3n) is 2.95. The Morgan fingerprint density at radius 1 is 1.54 bits per heavy atom. The second-order valence-electron chi connectivity index (χ2n) is 3.54. The molecule has 0 aromatic heterocycles. The van der Waals surface area contributed by atoms with E-state index in [2.05, 4.69) is 18.7 Å². The Balaban J connectivity index is 2.47. The number of nitrogens with zero attached hydrogens (tertiary/aromatic N) is 1. The first-order valence-corrected chi connectivity index (χ1v) is 5.08. The van der Waals surface area contributed by atoms with Crippen LogP contribution in [0.1, 0.15) is 33.1 Å². The predicted molar refractivity (Wildman–Crippen MR) is 51.5 cm³/mol. The summed E-state index contributed by atoms with van der Waals surface area (Å²) in [6.07, 6.45) is 3.19. The van der Waals surface area contributed by atoms with Gasteiger partial charge in [0.1, 0.15) is 6.04 Å². The van der Waals surface area contributed by atoms with Crippen LogP contribution in [0.2, 0.25) is 0 Å². The maximum absolute atomic E-state index is 11.3. The second-order valence-corrected chi connectivity index (χ2v) is 3.54. The third-order valence-corrected chi connectivity index (χ3v) is 2.95. The van der Waals surface area contributed by atoms with Crippen LogP contribution in [0.15, 0.2) is 0 Å². The summed E-state index contributed by atoms with van der Waals surface area (Å²) >= 11 is 0. The number of ether oxygens (including phenoxy) is 1. The molecule has 1 unspecified atom stereocenters. The smallest absolute Gasteiger partial charge is 0.323 e. The standard InChI is InChI=1S/C10H19NO2/c1-4-8(5-2)11-7-6-9(11)10(12)13-3/h8-9H,4-7H2,1-3H3. The summed E-state index contributed by atoms with van der Waals surface area (Å²) in [6.45, 7) is 5.38. The summed E-state index contributed by atoms with van der Waals surface area (Å²) in [4.78, 5) is 13.5. The van der Waals surface area contributed by atoms with E-state index in [9.17, 15) is 4.79 Å². The summed E-state index contributed by atoms with van der Waals surface area (Å²) in [5.74, 6) is -0.0712. The van der Waals surface area contributed by atoms with E-state index in [1.54, 1.807) is 0 Å². The highest BCUT2D eigenvalue weighted by atomic mass is 16.5. The summed E-state index contributed by atoms with van der Waals surface area (Å²) in [6, 6.07) is 0.591. The fraction of sp³-hybridized carbons (Fsp3) is 0.900. The number of hydrogen-bond acceptors (Lipinski definition) is 3. The molecule has 0 bridgehead atoms. The minimum absolute atomic E-state index is 0.0369. The van der Waals surface area contributed by atoms with Gasteiger partial charge in [-0.15, -0.1) is 0 Å². The van der Waals surface area contributed by atoms with Crippen molar-refractivity contribution in [1.82, 2.24) is 4.90 Å². The van der Waals surface area contributed by atoms with E-state index < -0.39 is 0 Å². The molecule has 1 aliphatic rings. The average Bonchev–Trinajstić information content (AvgIpc) is 2.11. The van der Waals surface area contributed by atoms with Crippen LogP contribution in [0.4, 0.5) is 0 Å². The summed E-state index contributed by atoms with van der Waals surface area (Å²) in [5, 5.41) is 0. The van der Waals surface area contributed by atoms with Crippen LogP contribution in [0.5, 0.6) is 0 Å². The number of likely N-dealkylation sites (tertiary alicyclic amines) is 1. The fourth-order valence-electron chi connectivity index (χ4n) is 1.99. The molecule has 0 N–H and O–H groups in total. The lowest BCUT2D eigenvalue weighted by atomic mass is 9.97. The average molecular weight is 185 g/mol. The largest absolute Gasteiger partial charge is 0.468 e. The number of hydrogen-bond donors (Lipinski definition) is 0. The molecular weight excluding hydrogens is 166 g/mol. The van der Waals surface area contributed by atoms with Crippen LogP contribution in [0, 0.1) is 0 Å². The summed E-state index contributed by atoms with van der Waals surface area (Å²) in [5.41, 5.74) is 0. The Morgan fingerprint density at radius 2 is 2.15 bits per heavy atom. The second kappa shape index (κ2) is 4.61. The Kier molecular flexibility index (Phi) is 3.72. The van der Waals surface area contributed by atoms with Gasteiger partial charge in [-0.1, -0.05) is 13.8 Å². The van der Waals surface area contributed by atoms with Gasteiger partial charge >= 0.3 is 5.97 Å². The molecule has 0 amide bonds. The Bertz CT molecular complexity index is 178. The van der Waals surface area contributed by atoms with E-state index in [1.807, 2.05) is 0 Å². The normalized spacial score (nSPS) is 22.9. The van der Waals surface area contributed by atoms with Gasteiger partial charge in [0.25, 0.3) is 0 Å². The highest BCUT2D eigenvalue weighted by Crippen LogP contribution is 2.24. The molecule has 13 heavy (non-hydrogen) atoms. The van der Waals surface area contributed by atoms with Crippen molar-refractivity contribution in [2.24, 2.45) is 0 Å². The third kappa shape index (κ3) is 2.02. The number of methoxy groups -OCH3 is 1. The fourth-order valence-corrected chi connectivity index (χ4v) is 1.99. The van der Waals surface area contributed by atoms with E-state index in [1.165, 1.54) is 7.11 Å². The van der Waals surface area contributed by atoms with E-state index in [0.717, 1.165) is 25.8 Å². The molecule has 3 nitrogen and oxygen atoms in total. The van der Waals surface area contributed by atoms with Crippen LogP contribution in [-0.4, -0.2) is 36.6 Å². The van der Waals surface area contributed by atoms with E-state index >= 15 is 0 Å². The SMILES string of the molecule is CCC(CC)N1CCC1C(=O)OC. The molecular formula is C10H19NO2. The molecule has 0 aliphatic carbocycles. The molecule has 0 aromatic carbocycles. The van der Waals surface area contributed by atoms with Gasteiger partial charge in [-0.2, -0.15) is 0 Å². The van der Waals surface area contributed by atoms with E-state index in [4.69, 9.17) is 4.74 Å². The van der Waals surface area contributed by atoms with Gasteiger partial charge in [-0.05, 0) is 19.3 Å². The van der Waals surface area contributed by atoms with Gasteiger partial charge in [0.2, 0.25) is 0 Å². The van der Waals surface area contributed by atoms with Gasteiger partial charge in [0.15, 0.2) is 0 Å². The van der Waals surface area contributed by atoms with Crippen LogP contribution in [0.25, 0.3) is 0 Å². The van der Waals surface area contributed by atoms with Crippen molar-refractivity contribution in [2.75, 3.05) is 13.7 Å². The molecule has 1 atom stereocenters. The Morgan fingerprint density at radius 3 is 2.46 bits per heavy atom. The van der Waals surface area contributed by atoms with Crippen molar-refractivity contribution in [3.05, 3.63) is 0 Å². The van der Waals surface area contributed by atoms with Gasteiger partial charge in [-0.3, -0.25) is 9.69 Å².